The Hall–Kier alpha value is -3.71. The quantitative estimate of drug-likeness (QED) is 0.310. The van der Waals surface area contributed by atoms with Gasteiger partial charge in [-0.2, -0.15) is 0 Å². The lowest BCUT2D eigenvalue weighted by Crippen LogP contribution is -2.45. The molecule has 0 aliphatic carbocycles. The summed E-state index contributed by atoms with van der Waals surface area (Å²) in [7, 11) is 2.93. The van der Waals surface area contributed by atoms with Crippen molar-refractivity contribution in [3.8, 4) is 22.9 Å². The van der Waals surface area contributed by atoms with Crippen molar-refractivity contribution in [2.45, 2.75) is 31.0 Å². The van der Waals surface area contributed by atoms with Crippen LogP contribution in [0, 0.1) is 0 Å². The predicted molar refractivity (Wildman–Crippen MR) is 154 cm³/mol. The van der Waals surface area contributed by atoms with Crippen molar-refractivity contribution < 1.29 is 28.5 Å². The second kappa shape index (κ2) is 12.4. The Morgan fingerprint density at radius 2 is 1.83 bits per heavy atom. The molecule has 1 unspecified atom stereocenters. The van der Waals surface area contributed by atoms with Gasteiger partial charge in [0.05, 0.1) is 66.8 Å². The van der Waals surface area contributed by atoms with Gasteiger partial charge in [0, 0.05) is 18.1 Å². The van der Waals surface area contributed by atoms with Crippen LogP contribution >= 0.6 is 23.2 Å². The van der Waals surface area contributed by atoms with Gasteiger partial charge in [0.2, 0.25) is 5.91 Å². The number of rotatable bonds is 9. The number of hydrogen-bond donors (Lipinski definition) is 3. The molecule has 14 heteroatoms. The summed E-state index contributed by atoms with van der Waals surface area (Å²) in [4.78, 5) is 38.8. The Labute approximate surface area is 245 Å². The zero-order chi connectivity index (χ0) is 29.1. The molecule has 2 aliphatic heterocycles. The van der Waals surface area contributed by atoms with Gasteiger partial charge in [0.15, 0.2) is 5.82 Å². The molecule has 1 aromatic carbocycles. The fourth-order valence-corrected chi connectivity index (χ4v) is 5.32. The van der Waals surface area contributed by atoms with Crippen molar-refractivity contribution in [3.05, 3.63) is 41.0 Å². The highest BCUT2D eigenvalue weighted by Crippen LogP contribution is 2.45. The van der Waals surface area contributed by atoms with Crippen LogP contribution in [0.4, 0.5) is 11.6 Å². The number of hydrogen-bond acceptors (Lipinski definition) is 10. The van der Waals surface area contributed by atoms with Gasteiger partial charge in [-0.25, -0.2) is 15.0 Å². The number of nitrogens with zero attached hydrogens (tertiary/aromatic N) is 3. The van der Waals surface area contributed by atoms with Crippen molar-refractivity contribution in [3.63, 3.8) is 0 Å². The third-order valence-electron chi connectivity index (χ3n) is 6.77. The first kappa shape index (κ1) is 28.8. The molecule has 12 nitrogen and oxygen atoms in total. The molecule has 216 valence electrons. The van der Waals surface area contributed by atoms with Crippen molar-refractivity contribution in [1.29, 1.82) is 0 Å². The molecule has 0 radical (unpaired) electrons. The van der Waals surface area contributed by atoms with Crippen LogP contribution in [0.5, 0.6) is 11.5 Å². The normalized spacial score (nSPS) is 20.0. The van der Waals surface area contributed by atoms with Gasteiger partial charge in [-0.3, -0.25) is 9.59 Å². The molecule has 0 saturated carbocycles. The first-order valence-corrected chi connectivity index (χ1v) is 13.6. The first-order chi connectivity index (χ1) is 19.8. The second-order valence-electron chi connectivity index (χ2n) is 9.36. The standard InChI is InChI=1S/C27H28Cl2N6O6/c1-4-21(36)32-16-12-40-11-15(16)31-20-8-13-14(10-30-20)33-26(34-25(13)35-27(37)17-6-5-7-41-17)22-23(28)18(38-2)9-19(39-3)24(22)29/h4,8-10,15-17H,1,5-7,11-12H2,2-3H3,(H,30,31)(H,32,36)(H,33,34,35,37)/t15-,16+,17?/m1/s1. The molecule has 2 amide bonds. The molecule has 2 fully saturated rings. The predicted octanol–water partition coefficient (Wildman–Crippen LogP) is 3.61. The van der Waals surface area contributed by atoms with Gasteiger partial charge in [-0.05, 0) is 25.0 Å². The van der Waals surface area contributed by atoms with Crippen molar-refractivity contribution in [1.82, 2.24) is 20.3 Å². The molecule has 3 N–H and O–H groups in total. The molecular weight excluding hydrogens is 575 g/mol. The van der Waals surface area contributed by atoms with E-state index in [1.54, 1.807) is 12.1 Å². The molecular formula is C27H28Cl2N6O6. The minimum atomic E-state index is -0.600. The number of pyridine rings is 1. The third kappa shape index (κ3) is 6.01. The fraction of sp³-hybridized carbons (Fsp3) is 0.370. The summed E-state index contributed by atoms with van der Waals surface area (Å²) in [6.07, 6.45) is 3.53. The average Bonchev–Trinajstić information content (AvgIpc) is 3.66. The second-order valence-corrected chi connectivity index (χ2v) is 10.1. The molecule has 2 saturated heterocycles. The number of aromatic nitrogens is 3. The Balaban J connectivity index is 1.57. The third-order valence-corrected chi connectivity index (χ3v) is 7.52. The van der Waals surface area contributed by atoms with Crippen LogP contribution in [-0.2, 0) is 19.1 Å². The minimum absolute atomic E-state index is 0.131. The fourth-order valence-electron chi connectivity index (χ4n) is 4.65. The summed E-state index contributed by atoms with van der Waals surface area (Å²) in [6.45, 7) is 4.70. The molecule has 3 atom stereocenters. The lowest BCUT2D eigenvalue weighted by Gasteiger charge is -2.20. The van der Waals surface area contributed by atoms with Crippen molar-refractivity contribution in [2.24, 2.45) is 0 Å². The Morgan fingerprint density at radius 3 is 2.49 bits per heavy atom. The van der Waals surface area contributed by atoms with E-state index in [1.165, 1.54) is 26.5 Å². The summed E-state index contributed by atoms with van der Waals surface area (Å²) in [6, 6.07) is 2.73. The van der Waals surface area contributed by atoms with Gasteiger partial charge < -0.3 is 34.9 Å². The number of carbonyl (C=O) groups excluding carboxylic acids is 2. The number of fused-ring (bicyclic) bond motifs is 1. The first-order valence-electron chi connectivity index (χ1n) is 12.8. The van der Waals surface area contributed by atoms with Crippen LogP contribution in [0.3, 0.4) is 0 Å². The summed E-state index contributed by atoms with van der Waals surface area (Å²) in [5, 5.41) is 9.88. The Morgan fingerprint density at radius 1 is 1.10 bits per heavy atom. The monoisotopic (exact) mass is 602 g/mol. The SMILES string of the molecule is C=CC(=O)N[C@H]1COC[C@H]1Nc1cc2c(NC(=O)C3CCCO3)nc(-c3c(Cl)c(OC)cc(OC)c3Cl)nc2cn1. The highest BCUT2D eigenvalue weighted by atomic mass is 35.5. The minimum Gasteiger partial charge on any atom is -0.495 e. The maximum absolute atomic E-state index is 13.1. The van der Waals surface area contributed by atoms with Gasteiger partial charge in [0.1, 0.15) is 29.2 Å². The van der Waals surface area contributed by atoms with E-state index in [9.17, 15) is 9.59 Å². The summed E-state index contributed by atoms with van der Waals surface area (Å²) in [5.41, 5.74) is 0.682. The smallest absolute Gasteiger partial charge is 0.254 e. The lowest BCUT2D eigenvalue weighted by molar-refractivity contribution is -0.124. The van der Waals surface area contributed by atoms with E-state index in [-0.39, 0.29) is 51.1 Å². The van der Waals surface area contributed by atoms with Crippen LogP contribution in [0.2, 0.25) is 10.0 Å². The van der Waals surface area contributed by atoms with Crippen LogP contribution in [-0.4, -0.2) is 79.0 Å². The maximum atomic E-state index is 13.1. The van der Waals surface area contributed by atoms with E-state index in [4.69, 9.17) is 42.1 Å². The molecule has 4 heterocycles. The number of halogens is 2. The van der Waals surface area contributed by atoms with E-state index in [2.05, 4.69) is 37.5 Å². The molecule has 0 bridgehead atoms. The van der Waals surface area contributed by atoms with Crippen molar-refractivity contribution >= 4 is 57.6 Å². The van der Waals surface area contributed by atoms with E-state index in [0.717, 1.165) is 6.42 Å². The molecule has 41 heavy (non-hydrogen) atoms. The lowest BCUT2D eigenvalue weighted by atomic mass is 10.1. The van der Waals surface area contributed by atoms with Gasteiger partial charge in [-0.15, -0.1) is 0 Å². The summed E-state index contributed by atoms with van der Waals surface area (Å²) < 4.78 is 21.9. The van der Waals surface area contributed by atoms with Crippen LogP contribution in [0.25, 0.3) is 22.3 Å². The van der Waals surface area contributed by atoms with Crippen LogP contribution in [0.15, 0.2) is 31.0 Å². The number of anilines is 2. The summed E-state index contributed by atoms with van der Waals surface area (Å²) in [5.74, 6) is 0.795. The number of methoxy groups -OCH3 is 2. The topological polar surface area (TPSA) is 146 Å². The number of benzene rings is 1. The van der Waals surface area contributed by atoms with Gasteiger partial charge in [-0.1, -0.05) is 29.8 Å². The Kier molecular flexibility index (Phi) is 8.74. The molecule has 2 aliphatic rings. The van der Waals surface area contributed by atoms with Crippen molar-refractivity contribution in [2.75, 3.05) is 44.7 Å². The van der Waals surface area contributed by atoms with Crippen LogP contribution < -0.4 is 25.4 Å². The molecule has 3 aromatic rings. The van der Waals surface area contributed by atoms with Crippen LogP contribution in [0.1, 0.15) is 12.8 Å². The highest BCUT2D eigenvalue weighted by molar-refractivity contribution is 6.41. The number of carbonyl (C=O) groups is 2. The maximum Gasteiger partial charge on any atom is 0.254 e. The number of amides is 2. The van der Waals surface area contributed by atoms with E-state index in [0.29, 0.717) is 54.5 Å². The number of ether oxygens (including phenoxy) is 4. The summed E-state index contributed by atoms with van der Waals surface area (Å²) >= 11 is 13.3. The average molecular weight is 603 g/mol. The molecule has 2 aromatic heterocycles. The van der Waals surface area contributed by atoms with E-state index < -0.39 is 6.10 Å². The zero-order valence-electron chi connectivity index (χ0n) is 22.3. The largest absolute Gasteiger partial charge is 0.495 e. The number of nitrogens with one attached hydrogen (secondary N) is 3. The van der Waals surface area contributed by atoms with E-state index in [1.807, 2.05) is 0 Å². The van der Waals surface area contributed by atoms with E-state index >= 15 is 0 Å². The molecule has 5 rings (SSSR count). The van der Waals surface area contributed by atoms with Gasteiger partial charge in [0.25, 0.3) is 5.91 Å². The Bertz CT molecular complexity index is 1470. The zero-order valence-corrected chi connectivity index (χ0v) is 23.8. The molecule has 0 spiro atoms. The highest BCUT2D eigenvalue weighted by Gasteiger charge is 2.30. The van der Waals surface area contributed by atoms with Gasteiger partial charge >= 0.3 is 0 Å².